The first kappa shape index (κ1) is 16.2. The van der Waals surface area contributed by atoms with Crippen molar-refractivity contribution in [2.75, 3.05) is 6.54 Å². The SMILES string of the molecule is Cc1cc(CNCC(C)C)cnc1-n1nc(C)c(Br)c1C. The van der Waals surface area contributed by atoms with E-state index in [9.17, 15) is 0 Å². The summed E-state index contributed by atoms with van der Waals surface area (Å²) in [6.07, 6.45) is 1.93. The Morgan fingerprint density at radius 2 is 2.00 bits per heavy atom. The number of rotatable bonds is 5. The molecule has 0 spiro atoms. The van der Waals surface area contributed by atoms with Crippen molar-refractivity contribution in [2.45, 2.75) is 41.2 Å². The van der Waals surface area contributed by atoms with Gasteiger partial charge in [0.2, 0.25) is 0 Å². The van der Waals surface area contributed by atoms with Crippen LogP contribution < -0.4 is 5.32 Å². The molecule has 0 saturated heterocycles. The minimum absolute atomic E-state index is 0.658. The number of nitrogens with one attached hydrogen (secondary N) is 1. The van der Waals surface area contributed by atoms with Crippen molar-refractivity contribution in [3.8, 4) is 5.82 Å². The minimum atomic E-state index is 0.658. The molecule has 2 aromatic heterocycles. The Bertz CT molecular complexity index is 631. The van der Waals surface area contributed by atoms with Gasteiger partial charge < -0.3 is 5.32 Å². The third-order valence-corrected chi connectivity index (χ3v) is 4.54. The molecule has 0 aliphatic rings. The molecule has 0 aliphatic heterocycles. The predicted octanol–water partition coefficient (Wildman–Crippen LogP) is 3.70. The van der Waals surface area contributed by atoms with Crippen LogP contribution in [0.2, 0.25) is 0 Å². The van der Waals surface area contributed by atoms with Crippen LogP contribution in [0.15, 0.2) is 16.7 Å². The van der Waals surface area contributed by atoms with Crippen LogP contribution >= 0.6 is 15.9 Å². The van der Waals surface area contributed by atoms with Crippen LogP contribution in [0.1, 0.15) is 36.4 Å². The van der Waals surface area contributed by atoms with E-state index in [0.29, 0.717) is 5.92 Å². The van der Waals surface area contributed by atoms with Crippen molar-refractivity contribution in [1.82, 2.24) is 20.1 Å². The van der Waals surface area contributed by atoms with Gasteiger partial charge in [-0.05, 0) is 66.4 Å². The fraction of sp³-hybridized carbons (Fsp3) is 0.500. The van der Waals surface area contributed by atoms with Crippen LogP contribution in [0.4, 0.5) is 0 Å². The largest absolute Gasteiger partial charge is 0.312 e. The van der Waals surface area contributed by atoms with Crippen molar-refractivity contribution >= 4 is 15.9 Å². The van der Waals surface area contributed by atoms with Gasteiger partial charge in [0.05, 0.1) is 15.9 Å². The van der Waals surface area contributed by atoms with E-state index < -0.39 is 0 Å². The van der Waals surface area contributed by atoms with Crippen LogP contribution in [0.25, 0.3) is 5.82 Å². The second-order valence-electron chi connectivity index (χ2n) is 5.91. The molecule has 0 radical (unpaired) electrons. The monoisotopic (exact) mass is 350 g/mol. The Labute approximate surface area is 135 Å². The molecule has 2 heterocycles. The molecule has 21 heavy (non-hydrogen) atoms. The van der Waals surface area contributed by atoms with E-state index in [0.717, 1.165) is 40.3 Å². The van der Waals surface area contributed by atoms with Crippen LogP contribution in [0.3, 0.4) is 0 Å². The van der Waals surface area contributed by atoms with E-state index in [4.69, 9.17) is 0 Å². The Kier molecular flexibility index (Phi) is 5.17. The van der Waals surface area contributed by atoms with Gasteiger partial charge in [0.1, 0.15) is 0 Å². The van der Waals surface area contributed by atoms with E-state index in [-0.39, 0.29) is 0 Å². The Morgan fingerprint density at radius 1 is 1.29 bits per heavy atom. The summed E-state index contributed by atoms with van der Waals surface area (Å²) in [5.41, 5.74) is 4.40. The number of aromatic nitrogens is 3. The second kappa shape index (κ2) is 6.71. The number of pyridine rings is 1. The molecule has 2 rings (SSSR count). The standard InChI is InChI=1S/C16H23BrN4/c1-10(2)7-18-8-14-6-11(3)16(19-9-14)21-13(5)15(17)12(4)20-21/h6,9-10,18H,7-8H2,1-5H3. The van der Waals surface area contributed by atoms with Gasteiger partial charge in [0.25, 0.3) is 0 Å². The highest BCUT2D eigenvalue weighted by atomic mass is 79.9. The van der Waals surface area contributed by atoms with Gasteiger partial charge in [-0.3, -0.25) is 0 Å². The first-order valence-corrected chi connectivity index (χ1v) is 8.07. The molecule has 4 nitrogen and oxygen atoms in total. The summed E-state index contributed by atoms with van der Waals surface area (Å²) in [4.78, 5) is 4.60. The predicted molar refractivity (Wildman–Crippen MR) is 89.8 cm³/mol. The molecule has 0 fully saturated rings. The summed E-state index contributed by atoms with van der Waals surface area (Å²) in [5.74, 6) is 1.55. The highest BCUT2D eigenvalue weighted by molar-refractivity contribution is 9.10. The lowest BCUT2D eigenvalue weighted by Gasteiger charge is -2.11. The fourth-order valence-electron chi connectivity index (χ4n) is 2.28. The quantitative estimate of drug-likeness (QED) is 0.893. The van der Waals surface area contributed by atoms with Crippen LogP contribution in [0, 0.1) is 26.7 Å². The van der Waals surface area contributed by atoms with Crippen molar-refractivity contribution in [1.29, 1.82) is 0 Å². The van der Waals surface area contributed by atoms with Gasteiger partial charge in [-0.1, -0.05) is 13.8 Å². The zero-order valence-electron chi connectivity index (χ0n) is 13.4. The van der Waals surface area contributed by atoms with Gasteiger partial charge in [-0.2, -0.15) is 5.10 Å². The van der Waals surface area contributed by atoms with E-state index >= 15 is 0 Å². The Hall–Kier alpha value is -1.20. The maximum absolute atomic E-state index is 4.60. The highest BCUT2D eigenvalue weighted by Gasteiger charge is 2.13. The summed E-state index contributed by atoms with van der Waals surface area (Å²) < 4.78 is 2.95. The Morgan fingerprint density at radius 3 is 2.52 bits per heavy atom. The normalized spacial score (nSPS) is 11.4. The van der Waals surface area contributed by atoms with Gasteiger partial charge in [0.15, 0.2) is 5.82 Å². The fourth-order valence-corrected chi connectivity index (χ4v) is 2.53. The molecule has 0 unspecified atom stereocenters. The second-order valence-corrected chi connectivity index (χ2v) is 6.70. The van der Waals surface area contributed by atoms with Gasteiger partial charge in [0, 0.05) is 12.7 Å². The van der Waals surface area contributed by atoms with E-state index in [2.05, 4.69) is 58.2 Å². The summed E-state index contributed by atoms with van der Waals surface area (Å²) in [7, 11) is 0. The molecule has 0 aliphatic carbocycles. The van der Waals surface area contributed by atoms with Crippen molar-refractivity contribution in [3.05, 3.63) is 39.3 Å². The van der Waals surface area contributed by atoms with Gasteiger partial charge in [-0.25, -0.2) is 9.67 Å². The smallest absolute Gasteiger partial charge is 0.156 e. The number of hydrogen-bond donors (Lipinski definition) is 1. The lowest BCUT2D eigenvalue weighted by molar-refractivity contribution is 0.551. The zero-order valence-corrected chi connectivity index (χ0v) is 15.0. The zero-order chi connectivity index (χ0) is 15.6. The van der Waals surface area contributed by atoms with Crippen molar-refractivity contribution in [2.24, 2.45) is 5.92 Å². The summed E-state index contributed by atoms with van der Waals surface area (Å²) in [6, 6.07) is 2.18. The third-order valence-electron chi connectivity index (χ3n) is 3.39. The molecule has 0 aromatic carbocycles. The summed E-state index contributed by atoms with van der Waals surface area (Å²) in [6.45, 7) is 12.4. The number of nitrogens with zero attached hydrogens (tertiary/aromatic N) is 3. The number of hydrogen-bond acceptors (Lipinski definition) is 3. The molecule has 0 atom stereocenters. The average molecular weight is 351 g/mol. The number of aryl methyl sites for hydroxylation is 2. The van der Waals surface area contributed by atoms with Crippen molar-refractivity contribution in [3.63, 3.8) is 0 Å². The maximum atomic E-state index is 4.60. The molecule has 0 amide bonds. The van der Waals surface area contributed by atoms with E-state index in [1.807, 2.05) is 24.7 Å². The minimum Gasteiger partial charge on any atom is -0.312 e. The topological polar surface area (TPSA) is 42.7 Å². The lowest BCUT2D eigenvalue weighted by atomic mass is 10.2. The molecule has 0 saturated carbocycles. The Balaban J connectivity index is 2.21. The van der Waals surface area contributed by atoms with E-state index in [1.54, 1.807) is 0 Å². The summed E-state index contributed by atoms with van der Waals surface area (Å²) in [5, 5.41) is 7.99. The van der Waals surface area contributed by atoms with Crippen LogP contribution in [-0.2, 0) is 6.54 Å². The molecule has 0 bridgehead atoms. The first-order valence-electron chi connectivity index (χ1n) is 7.28. The molecular weight excluding hydrogens is 328 g/mol. The van der Waals surface area contributed by atoms with Crippen LogP contribution in [0.5, 0.6) is 0 Å². The van der Waals surface area contributed by atoms with Crippen LogP contribution in [-0.4, -0.2) is 21.3 Å². The molecule has 5 heteroatoms. The lowest BCUT2D eigenvalue weighted by Crippen LogP contribution is -2.19. The molecule has 2 aromatic rings. The molecular formula is C16H23BrN4. The maximum Gasteiger partial charge on any atom is 0.156 e. The first-order chi connectivity index (χ1) is 9.90. The molecule has 1 N–H and O–H groups in total. The number of halogens is 1. The van der Waals surface area contributed by atoms with Gasteiger partial charge in [-0.15, -0.1) is 0 Å². The van der Waals surface area contributed by atoms with E-state index in [1.165, 1.54) is 5.56 Å². The summed E-state index contributed by atoms with van der Waals surface area (Å²) >= 11 is 3.56. The molecule has 114 valence electrons. The third kappa shape index (κ3) is 3.71. The van der Waals surface area contributed by atoms with Gasteiger partial charge >= 0.3 is 0 Å². The average Bonchev–Trinajstić information content (AvgIpc) is 2.66. The van der Waals surface area contributed by atoms with Crippen molar-refractivity contribution < 1.29 is 0 Å². The highest BCUT2D eigenvalue weighted by Crippen LogP contribution is 2.23.